The molecule has 0 aromatic heterocycles. The van der Waals surface area contributed by atoms with E-state index in [0.717, 1.165) is 71.3 Å². The molecule has 0 radical (unpaired) electrons. The number of anilines is 2. The SMILES string of the molecule is C=C/C=C(\C=C)N(C)c1ccc(C2=C(C=C)/C(=C\CN3CCN(C(=O)CCC(C)=O)CC3)Oc3cc(N4CCCCC4)ccc32)cc1. The van der Waals surface area contributed by atoms with Crippen LogP contribution in [0, 0.1) is 0 Å². The lowest BCUT2D eigenvalue weighted by atomic mass is 9.89. The van der Waals surface area contributed by atoms with Gasteiger partial charge in [0.2, 0.25) is 5.91 Å². The van der Waals surface area contributed by atoms with Gasteiger partial charge in [-0.3, -0.25) is 9.69 Å². The monoisotopic (exact) mass is 632 g/mol. The highest BCUT2D eigenvalue weighted by Gasteiger charge is 2.27. The molecule has 2 aromatic carbocycles. The van der Waals surface area contributed by atoms with Crippen LogP contribution < -0.4 is 14.5 Å². The lowest BCUT2D eigenvalue weighted by Gasteiger charge is -2.34. The lowest BCUT2D eigenvalue weighted by molar-refractivity contribution is -0.134. The summed E-state index contributed by atoms with van der Waals surface area (Å²) in [7, 11) is 2.02. The Morgan fingerprint density at radius 3 is 2.28 bits per heavy atom. The molecule has 2 aromatic rings. The van der Waals surface area contributed by atoms with E-state index in [2.05, 4.69) is 83.0 Å². The third kappa shape index (κ3) is 8.03. The quantitative estimate of drug-likeness (QED) is 0.232. The van der Waals surface area contributed by atoms with E-state index in [1.807, 2.05) is 30.2 Å². The second-order valence-corrected chi connectivity index (χ2v) is 12.4. The average Bonchev–Trinajstić information content (AvgIpc) is 3.11. The van der Waals surface area contributed by atoms with Crippen LogP contribution in [0.5, 0.6) is 5.75 Å². The largest absolute Gasteiger partial charge is 0.456 e. The van der Waals surface area contributed by atoms with Gasteiger partial charge in [0.15, 0.2) is 0 Å². The van der Waals surface area contributed by atoms with E-state index in [9.17, 15) is 9.59 Å². The number of piperidine rings is 1. The van der Waals surface area contributed by atoms with E-state index in [0.29, 0.717) is 32.5 Å². The smallest absolute Gasteiger partial charge is 0.223 e. The molecule has 5 rings (SSSR count). The molecule has 0 saturated carbocycles. The first-order chi connectivity index (χ1) is 22.8. The standard InChI is InChI=1S/C40H48N4O3/c1-6-12-32(7-2)41(5)33-16-14-31(15-17-33)40-35(8-3)37(21-24-42-25-27-44(28-26-42)39(46)20-13-30(4)45)47-38-29-34(18-19-36(38)40)43-22-10-9-11-23-43/h6-8,12,14-19,21,29H,1-3,9-11,13,20,22-28H2,4-5H3/b32-12+,37-21+. The zero-order valence-corrected chi connectivity index (χ0v) is 28.0. The van der Waals surface area contributed by atoms with E-state index < -0.39 is 0 Å². The molecule has 0 aliphatic carbocycles. The summed E-state index contributed by atoms with van der Waals surface area (Å²) < 4.78 is 6.70. The number of benzene rings is 2. The Hall–Kier alpha value is -4.62. The average molecular weight is 633 g/mol. The Balaban J connectivity index is 1.44. The fourth-order valence-electron chi connectivity index (χ4n) is 6.53. The second-order valence-electron chi connectivity index (χ2n) is 12.4. The predicted octanol–water partition coefficient (Wildman–Crippen LogP) is 7.15. The van der Waals surface area contributed by atoms with E-state index in [1.54, 1.807) is 6.08 Å². The zero-order chi connectivity index (χ0) is 33.3. The van der Waals surface area contributed by atoms with Crippen LogP contribution in [-0.2, 0) is 9.59 Å². The number of hydrogen-bond acceptors (Lipinski definition) is 6. The summed E-state index contributed by atoms with van der Waals surface area (Å²) in [6.45, 7) is 19.2. The Bertz CT molecular complexity index is 1590. The van der Waals surface area contributed by atoms with Crippen molar-refractivity contribution in [2.45, 2.75) is 39.0 Å². The van der Waals surface area contributed by atoms with Crippen molar-refractivity contribution in [2.24, 2.45) is 0 Å². The molecule has 3 heterocycles. The molecule has 0 unspecified atom stereocenters. The van der Waals surface area contributed by atoms with E-state index in [-0.39, 0.29) is 11.7 Å². The third-order valence-corrected chi connectivity index (χ3v) is 9.29. The Morgan fingerprint density at radius 1 is 0.915 bits per heavy atom. The second kappa shape index (κ2) is 15.8. The Kier molecular flexibility index (Phi) is 11.3. The van der Waals surface area contributed by atoms with Crippen LogP contribution in [0.2, 0.25) is 0 Å². The fraction of sp³-hybridized carbons (Fsp3) is 0.350. The molecule has 47 heavy (non-hydrogen) atoms. The minimum Gasteiger partial charge on any atom is -0.456 e. The molecular formula is C40H48N4O3. The molecule has 2 saturated heterocycles. The number of allylic oxidation sites excluding steroid dienone is 4. The van der Waals surface area contributed by atoms with Crippen LogP contribution >= 0.6 is 0 Å². The molecule has 0 N–H and O–H groups in total. The number of likely N-dealkylation sites (N-methyl/N-ethyl adjacent to an activating group) is 1. The molecule has 246 valence electrons. The van der Waals surface area contributed by atoms with Crippen molar-refractivity contribution in [1.29, 1.82) is 0 Å². The normalized spacial score (nSPS) is 18.0. The number of rotatable bonds is 12. The van der Waals surface area contributed by atoms with Gasteiger partial charge in [-0.1, -0.05) is 44.0 Å². The molecule has 0 bridgehead atoms. The highest BCUT2D eigenvalue weighted by Crippen LogP contribution is 2.44. The van der Waals surface area contributed by atoms with E-state index in [4.69, 9.17) is 4.74 Å². The number of amides is 1. The number of carbonyl (C=O) groups is 2. The summed E-state index contributed by atoms with van der Waals surface area (Å²) in [6, 6.07) is 15.2. The first-order valence-electron chi connectivity index (χ1n) is 16.8. The van der Waals surface area contributed by atoms with Gasteiger partial charge in [0.05, 0.1) is 0 Å². The molecule has 3 aliphatic rings. The van der Waals surface area contributed by atoms with Gasteiger partial charge in [-0.2, -0.15) is 0 Å². The van der Waals surface area contributed by atoms with Gasteiger partial charge in [0, 0.05) is 106 Å². The summed E-state index contributed by atoms with van der Waals surface area (Å²) in [5.41, 5.74) is 7.40. The van der Waals surface area contributed by atoms with E-state index >= 15 is 0 Å². The Labute approximate surface area is 280 Å². The van der Waals surface area contributed by atoms with Crippen LogP contribution in [0.25, 0.3) is 5.57 Å². The van der Waals surface area contributed by atoms with Crippen molar-refractivity contribution < 1.29 is 14.3 Å². The molecule has 0 spiro atoms. The maximum atomic E-state index is 12.6. The zero-order valence-electron chi connectivity index (χ0n) is 28.0. The van der Waals surface area contributed by atoms with Crippen molar-refractivity contribution >= 4 is 28.6 Å². The van der Waals surface area contributed by atoms with Crippen molar-refractivity contribution in [1.82, 2.24) is 9.80 Å². The number of fused-ring (bicyclic) bond motifs is 1. The first-order valence-corrected chi connectivity index (χ1v) is 16.8. The molecule has 2 fully saturated rings. The van der Waals surface area contributed by atoms with Gasteiger partial charge in [-0.05, 0) is 74.2 Å². The number of carbonyl (C=O) groups excluding carboxylic acids is 2. The van der Waals surface area contributed by atoms with Crippen molar-refractivity contribution in [3.8, 4) is 5.75 Å². The summed E-state index contributed by atoms with van der Waals surface area (Å²) in [5.74, 6) is 1.76. The topological polar surface area (TPSA) is 56.3 Å². The summed E-state index contributed by atoms with van der Waals surface area (Å²) in [5, 5.41) is 0. The van der Waals surface area contributed by atoms with Gasteiger partial charge in [-0.25, -0.2) is 0 Å². The van der Waals surface area contributed by atoms with Crippen LogP contribution in [-0.4, -0.2) is 74.4 Å². The molecule has 7 nitrogen and oxygen atoms in total. The fourth-order valence-corrected chi connectivity index (χ4v) is 6.53. The van der Waals surface area contributed by atoms with E-state index in [1.165, 1.54) is 31.9 Å². The van der Waals surface area contributed by atoms with Gasteiger partial charge in [-0.15, -0.1) is 0 Å². The number of piperazine rings is 1. The van der Waals surface area contributed by atoms with Crippen LogP contribution in [0.1, 0.15) is 50.2 Å². The van der Waals surface area contributed by atoms with Crippen LogP contribution in [0.3, 0.4) is 0 Å². The Morgan fingerprint density at radius 2 is 1.64 bits per heavy atom. The number of ether oxygens (including phenoxy) is 1. The van der Waals surface area contributed by atoms with Gasteiger partial charge >= 0.3 is 0 Å². The van der Waals surface area contributed by atoms with Gasteiger partial charge < -0.3 is 24.2 Å². The molecular weight excluding hydrogens is 584 g/mol. The van der Waals surface area contributed by atoms with Crippen LogP contribution in [0.15, 0.2) is 110 Å². The lowest BCUT2D eigenvalue weighted by Crippen LogP contribution is -2.48. The third-order valence-electron chi connectivity index (χ3n) is 9.29. The number of ketones is 1. The molecule has 0 atom stereocenters. The predicted molar refractivity (Wildman–Crippen MR) is 194 cm³/mol. The van der Waals surface area contributed by atoms with Gasteiger partial charge in [0.25, 0.3) is 0 Å². The molecule has 7 heteroatoms. The molecule has 1 amide bonds. The first kappa shape index (κ1) is 33.7. The van der Waals surface area contributed by atoms with Crippen molar-refractivity contribution in [3.05, 3.63) is 121 Å². The minimum absolute atomic E-state index is 0.0527. The van der Waals surface area contributed by atoms with Crippen molar-refractivity contribution in [2.75, 3.05) is 62.7 Å². The number of hydrogen-bond donors (Lipinski definition) is 0. The van der Waals surface area contributed by atoms with Crippen molar-refractivity contribution in [3.63, 3.8) is 0 Å². The number of nitrogens with zero attached hydrogens (tertiary/aromatic N) is 4. The minimum atomic E-state index is 0.0527. The highest BCUT2D eigenvalue weighted by molar-refractivity contribution is 5.91. The maximum Gasteiger partial charge on any atom is 0.223 e. The maximum absolute atomic E-state index is 12.6. The summed E-state index contributed by atoms with van der Waals surface area (Å²) >= 11 is 0. The molecule has 3 aliphatic heterocycles. The van der Waals surface area contributed by atoms with Gasteiger partial charge in [0.1, 0.15) is 17.3 Å². The number of Topliss-reactive ketones (excluding diaryl/α,β-unsaturated/α-hetero) is 1. The summed E-state index contributed by atoms with van der Waals surface area (Å²) in [6.07, 6.45) is 13.9. The highest BCUT2D eigenvalue weighted by atomic mass is 16.5. The van der Waals surface area contributed by atoms with Crippen LogP contribution in [0.4, 0.5) is 11.4 Å². The summed E-state index contributed by atoms with van der Waals surface area (Å²) in [4.78, 5) is 32.6.